The van der Waals surface area contributed by atoms with E-state index in [0.29, 0.717) is 5.95 Å². The molecule has 0 saturated heterocycles. The van der Waals surface area contributed by atoms with Crippen molar-refractivity contribution in [2.75, 3.05) is 17.2 Å². The number of fused-ring (bicyclic) bond motifs is 1. The van der Waals surface area contributed by atoms with Gasteiger partial charge in [-0.1, -0.05) is 24.3 Å². The number of carbonyl (C=O) groups excluding carboxylic acids is 1. The first kappa shape index (κ1) is 24.0. The van der Waals surface area contributed by atoms with E-state index in [-0.39, 0.29) is 30.6 Å². The number of rotatable bonds is 10. The molecule has 0 bridgehead atoms. The van der Waals surface area contributed by atoms with Gasteiger partial charge < -0.3 is 24.7 Å². The molecule has 0 fully saturated rings. The smallest absolute Gasteiger partial charge is 0.328 e. The number of ether oxygens (including phenoxy) is 2. The number of hydrogen-bond donors (Lipinski definition) is 2. The lowest BCUT2D eigenvalue weighted by Crippen LogP contribution is -2.42. The molecule has 3 aromatic carbocycles. The highest BCUT2D eigenvalue weighted by Gasteiger charge is 2.29. The molecular formula is C26H28N4O5. The van der Waals surface area contributed by atoms with Gasteiger partial charge in [0.05, 0.1) is 23.7 Å². The second kappa shape index (κ2) is 10.0. The van der Waals surface area contributed by atoms with Crippen LogP contribution < -0.4 is 26.2 Å². The van der Waals surface area contributed by atoms with Crippen molar-refractivity contribution in [1.29, 1.82) is 0 Å². The third-order valence-corrected chi connectivity index (χ3v) is 5.55. The molecule has 0 saturated carbocycles. The molecule has 9 nitrogen and oxygen atoms in total. The summed E-state index contributed by atoms with van der Waals surface area (Å²) in [5.41, 5.74) is 2.23. The average Bonchev–Trinajstić information content (AvgIpc) is 3.16. The standard InChI is InChI=1S/C26H28N4O5/c1-5-34-25(33)19(28-21-22(31)23(32)24(21)35-15(2)3)14-16-10-12-17(13-11-16)27-26-29-18-8-6-7-9-20(18)30(26)4/h6-13,15,19,28H,5,14H2,1-4H3,(H,27,29)/t19-/m0/s1. The van der Waals surface area contributed by atoms with E-state index in [2.05, 4.69) is 15.6 Å². The molecule has 0 aliphatic rings. The number of carbonyl (C=O) groups is 1. The molecule has 0 aliphatic heterocycles. The Balaban J connectivity index is 1.50. The van der Waals surface area contributed by atoms with Crippen molar-refractivity contribution in [3.05, 3.63) is 74.5 Å². The lowest BCUT2D eigenvalue weighted by atomic mass is 10.0. The highest BCUT2D eigenvalue weighted by Crippen LogP contribution is 2.24. The quantitative estimate of drug-likeness (QED) is 0.265. The number of aryl methyl sites for hydroxylation is 1. The highest BCUT2D eigenvalue weighted by atomic mass is 16.5. The first-order valence-electron chi connectivity index (χ1n) is 11.5. The van der Waals surface area contributed by atoms with Gasteiger partial charge in [-0.05, 0) is 50.6 Å². The van der Waals surface area contributed by atoms with E-state index >= 15 is 0 Å². The molecule has 1 aromatic heterocycles. The maximum atomic E-state index is 12.6. The summed E-state index contributed by atoms with van der Waals surface area (Å²) in [6.07, 6.45) is -0.0260. The molecule has 2 N–H and O–H groups in total. The summed E-state index contributed by atoms with van der Waals surface area (Å²) in [4.78, 5) is 41.2. The summed E-state index contributed by atoms with van der Waals surface area (Å²) < 4.78 is 12.6. The molecule has 0 unspecified atom stereocenters. The second-order valence-corrected chi connectivity index (χ2v) is 8.49. The van der Waals surface area contributed by atoms with Crippen LogP contribution in [0.25, 0.3) is 11.0 Å². The van der Waals surface area contributed by atoms with E-state index in [1.807, 2.05) is 60.1 Å². The summed E-state index contributed by atoms with van der Waals surface area (Å²) in [5.74, 6) is 0.155. The molecule has 182 valence electrons. The van der Waals surface area contributed by atoms with Crippen molar-refractivity contribution in [1.82, 2.24) is 9.55 Å². The fraction of sp³-hybridized carbons (Fsp3) is 0.308. The Morgan fingerprint density at radius 3 is 2.43 bits per heavy atom. The van der Waals surface area contributed by atoms with E-state index in [4.69, 9.17) is 9.47 Å². The minimum atomic E-state index is -0.855. The Morgan fingerprint density at radius 2 is 1.77 bits per heavy atom. The molecule has 0 amide bonds. The molecule has 1 heterocycles. The topological polar surface area (TPSA) is 112 Å². The lowest BCUT2D eigenvalue weighted by Gasteiger charge is -2.22. The summed E-state index contributed by atoms with van der Waals surface area (Å²) in [7, 11) is 1.94. The Morgan fingerprint density at radius 1 is 1.06 bits per heavy atom. The lowest BCUT2D eigenvalue weighted by molar-refractivity contribution is -0.144. The Bertz CT molecular complexity index is 1410. The van der Waals surface area contributed by atoms with Gasteiger partial charge >= 0.3 is 5.97 Å². The van der Waals surface area contributed by atoms with Crippen LogP contribution in [0, 0.1) is 0 Å². The van der Waals surface area contributed by atoms with E-state index in [1.165, 1.54) is 0 Å². The van der Waals surface area contributed by atoms with Crippen LogP contribution in [0.4, 0.5) is 17.3 Å². The largest absolute Gasteiger partial charge is 0.485 e. The van der Waals surface area contributed by atoms with Gasteiger partial charge in [0.25, 0.3) is 10.9 Å². The number of hydrogen-bond acceptors (Lipinski definition) is 8. The zero-order valence-electron chi connectivity index (χ0n) is 20.1. The Hall–Kier alpha value is -4.14. The maximum Gasteiger partial charge on any atom is 0.328 e. The number of nitrogens with one attached hydrogen (secondary N) is 2. The minimum absolute atomic E-state index is 0.0156. The van der Waals surface area contributed by atoms with Crippen LogP contribution in [0.2, 0.25) is 0 Å². The zero-order valence-corrected chi connectivity index (χ0v) is 20.1. The third-order valence-electron chi connectivity index (χ3n) is 5.55. The molecule has 4 rings (SSSR count). The number of para-hydroxylation sites is 2. The van der Waals surface area contributed by atoms with Crippen molar-refractivity contribution >= 4 is 34.3 Å². The van der Waals surface area contributed by atoms with Gasteiger partial charge in [-0.3, -0.25) is 9.59 Å². The van der Waals surface area contributed by atoms with E-state index in [9.17, 15) is 14.4 Å². The van der Waals surface area contributed by atoms with Crippen molar-refractivity contribution in [3.63, 3.8) is 0 Å². The minimum Gasteiger partial charge on any atom is -0.485 e. The monoisotopic (exact) mass is 476 g/mol. The number of aromatic nitrogens is 2. The highest BCUT2D eigenvalue weighted by molar-refractivity contribution is 5.81. The van der Waals surface area contributed by atoms with Crippen molar-refractivity contribution in [2.24, 2.45) is 7.05 Å². The van der Waals surface area contributed by atoms with E-state index in [0.717, 1.165) is 22.3 Å². The molecule has 9 heteroatoms. The SMILES string of the molecule is CCOC(=O)[C@H](Cc1ccc(Nc2nc3ccccc3n2C)cc1)Nc1c(OC(C)C)c(=O)c1=O. The maximum absolute atomic E-state index is 12.6. The molecule has 0 radical (unpaired) electrons. The fourth-order valence-corrected chi connectivity index (χ4v) is 3.81. The van der Waals surface area contributed by atoms with Crippen molar-refractivity contribution < 1.29 is 14.3 Å². The molecule has 0 spiro atoms. The van der Waals surface area contributed by atoms with Crippen LogP contribution in [0.3, 0.4) is 0 Å². The van der Waals surface area contributed by atoms with Gasteiger partial charge in [0.15, 0.2) is 5.75 Å². The van der Waals surface area contributed by atoms with Crippen LogP contribution in [0.1, 0.15) is 26.3 Å². The molecule has 35 heavy (non-hydrogen) atoms. The van der Waals surface area contributed by atoms with Gasteiger partial charge in [-0.25, -0.2) is 9.78 Å². The summed E-state index contributed by atoms with van der Waals surface area (Å²) in [5, 5.41) is 6.19. The summed E-state index contributed by atoms with van der Waals surface area (Å²) in [6, 6.07) is 14.6. The van der Waals surface area contributed by atoms with Crippen LogP contribution in [0.5, 0.6) is 5.75 Å². The molecule has 0 aliphatic carbocycles. The van der Waals surface area contributed by atoms with Crippen LogP contribution in [-0.4, -0.2) is 34.3 Å². The Kier molecular flexibility index (Phi) is 6.86. The predicted octanol–water partition coefficient (Wildman–Crippen LogP) is 3.29. The first-order valence-corrected chi connectivity index (χ1v) is 11.5. The van der Waals surface area contributed by atoms with Gasteiger partial charge in [-0.2, -0.15) is 0 Å². The number of imidazole rings is 1. The molecule has 4 aromatic rings. The zero-order chi connectivity index (χ0) is 25.1. The van der Waals surface area contributed by atoms with Crippen LogP contribution >= 0.6 is 0 Å². The molecular weight excluding hydrogens is 448 g/mol. The normalized spacial score (nSPS) is 12.1. The van der Waals surface area contributed by atoms with Gasteiger partial charge in [0.2, 0.25) is 5.95 Å². The molecule has 1 atom stereocenters. The number of esters is 1. The van der Waals surface area contributed by atoms with Crippen LogP contribution in [0.15, 0.2) is 58.1 Å². The van der Waals surface area contributed by atoms with Gasteiger partial charge in [0.1, 0.15) is 11.7 Å². The van der Waals surface area contributed by atoms with Crippen molar-refractivity contribution in [3.8, 4) is 5.75 Å². The fourth-order valence-electron chi connectivity index (χ4n) is 3.81. The average molecular weight is 477 g/mol. The second-order valence-electron chi connectivity index (χ2n) is 8.49. The van der Waals surface area contributed by atoms with E-state index < -0.39 is 22.9 Å². The van der Waals surface area contributed by atoms with Gasteiger partial charge in [0, 0.05) is 19.2 Å². The number of nitrogens with zero attached hydrogens (tertiary/aromatic N) is 2. The summed E-state index contributed by atoms with van der Waals surface area (Å²) >= 11 is 0. The van der Waals surface area contributed by atoms with E-state index in [1.54, 1.807) is 20.8 Å². The van der Waals surface area contributed by atoms with Crippen LogP contribution in [-0.2, 0) is 23.0 Å². The first-order chi connectivity index (χ1) is 16.8. The third kappa shape index (κ3) is 5.03. The van der Waals surface area contributed by atoms with Crippen molar-refractivity contribution in [2.45, 2.75) is 39.3 Å². The predicted molar refractivity (Wildman–Crippen MR) is 135 cm³/mol. The van der Waals surface area contributed by atoms with Gasteiger partial charge in [-0.15, -0.1) is 0 Å². The summed E-state index contributed by atoms with van der Waals surface area (Å²) in [6.45, 7) is 5.42. The number of anilines is 3. The Labute approximate surface area is 202 Å². The number of benzene rings is 2.